The Hall–Kier alpha value is -2.00. The molecule has 0 radical (unpaired) electrons. The van der Waals surface area contributed by atoms with Crippen LogP contribution in [0.3, 0.4) is 0 Å². The second-order valence-corrected chi connectivity index (χ2v) is 10.4. The zero-order valence-electron chi connectivity index (χ0n) is 15.5. The maximum absolute atomic E-state index is 11.8. The van der Waals surface area contributed by atoms with Crippen LogP contribution in [0.1, 0.15) is 12.0 Å². The number of piperazine rings is 1. The number of sulfonamides is 1. The highest BCUT2D eigenvalue weighted by Gasteiger charge is 2.46. The molecule has 6 nitrogen and oxygen atoms in total. The van der Waals surface area contributed by atoms with E-state index in [1.807, 2.05) is 36.4 Å². The van der Waals surface area contributed by atoms with E-state index in [-0.39, 0.29) is 6.04 Å². The van der Waals surface area contributed by atoms with Crippen LogP contribution < -0.4 is 4.74 Å². The predicted molar refractivity (Wildman–Crippen MR) is 110 cm³/mol. The molecule has 3 heterocycles. The van der Waals surface area contributed by atoms with Gasteiger partial charge in [0.05, 0.1) is 16.5 Å². The molecule has 3 aromatic rings. The zero-order valence-corrected chi connectivity index (χ0v) is 17.1. The molecule has 0 N–H and O–H groups in total. The lowest BCUT2D eigenvalue weighted by molar-refractivity contribution is 0.175. The molecule has 2 aromatic carbocycles. The van der Waals surface area contributed by atoms with Crippen molar-refractivity contribution in [3.8, 4) is 10.9 Å². The molecule has 0 spiro atoms. The smallest absolute Gasteiger partial charge is 0.279 e. The van der Waals surface area contributed by atoms with Crippen LogP contribution in [0.25, 0.3) is 10.2 Å². The summed E-state index contributed by atoms with van der Waals surface area (Å²) in [7, 11) is -3.09. The molecule has 2 bridgehead atoms. The van der Waals surface area contributed by atoms with E-state index in [1.165, 1.54) is 23.2 Å². The molecule has 2 unspecified atom stereocenters. The molecule has 2 atom stereocenters. The molecule has 2 saturated heterocycles. The monoisotopic (exact) mass is 415 g/mol. The number of para-hydroxylation sites is 1. The molecule has 146 valence electrons. The maximum atomic E-state index is 11.8. The van der Waals surface area contributed by atoms with Crippen molar-refractivity contribution in [1.29, 1.82) is 0 Å². The fraction of sp³-hybridized carbons (Fsp3) is 0.350. The number of benzene rings is 2. The topological polar surface area (TPSA) is 62.7 Å². The van der Waals surface area contributed by atoms with Crippen LogP contribution in [0.5, 0.6) is 10.9 Å². The van der Waals surface area contributed by atoms with Gasteiger partial charge in [-0.2, -0.15) is 4.31 Å². The van der Waals surface area contributed by atoms with E-state index in [0.717, 1.165) is 35.5 Å². The van der Waals surface area contributed by atoms with E-state index in [9.17, 15) is 8.42 Å². The van der Waals surface area contributed by atoms with Crippen LogP contribution in [0, 0.1) is 0 Å². The highest BCUT2D eigenvalue weighted by molar-refractivity contribution is 7.88. The van der Waals surface area contributed by atoms with Crippen LogP contribution in [0.4, 0.5) is 0 Å². The van der Waals surface area contributed by atoms with Gasteiger partial charge < -0.3 is 4.74 Å². The van der Waals surface area contributed by atoms with E-state index < -0.39 is 10.0 Å². The maximum Gasteiger partial charge on any atom is 0.279 e. The number of aromatic nitrogens is 1. The van der Waals surface area contributed by atoms with E-state index >= 15 is 0 Å². The lowest BCUT2D eigenvalue weighted by Gasteiger charge is -2.32. The Morgan fingerprint density at radius 1 is 1.11 bits per heavy atom. The molecular formula is C20H21N3O3S2. The molecule has 1 aromatic heterocycles. The van der Waals surface area contributed by atoms with E-state index in [2.05, 4.69) is 22.0 Å². The number of ether oxygens (including phenoxy) is 1. The molecule has 2 aliphatic rings. The summed E-state index contributed by atoms with van der Waals surface area (Å²) in [5, 5.41) is 0.645. The number of rotatable bonds is 5. The summed E-state index contributed by atoms with van der Waals surface area (Å²) in [5.74, 6) is 0.772. The molecule has 2 aliphatic heterocycles. The van der Waals surface area contributed by atoms with Crippen LogP contribution in [0.2, 0.25) is 0 Å². The standard InChI is InChI=1S/C20H21N3O3S2/c1-28(24,25)23-13-15-10-16(23)12-22(15)11-14-6-8-17(9-7-14)26-20-21-18-4-2-3-5-19(18)27-20/h2-9,15-16H,10-13H2,1H3. The molecule has 5 rings (SSSR count). The van der Waals surface area contributed by atoms with Gasteiger partial charge >= 0.3 is 0 Å². The Labute approximate surface area is 168 Å². The molecule has 8 heteroatoms. The fourth-order valence-corrected chi connectivity index (χ4v) is 6.18. The van der Waals surface area contributed by atoms with Crippen molar-refractivity contribution in [2.24, 2.45) is 0 Å². The molecular weight excluding hydrogens is 394 g/mol. The number of fused-ring (bicyclic) bond motifs is 3. The van der Waals surface area contributed by atoms with Crippen molar-refractivity contribution in [1.82, 2.24) is 14.2 Å². The van der Waals surface area contributed by atoms with Crippen molar-refractivity contribution in [2.45, 2.75) is 25.0 Å². The Balaban J connectivity index is 1.23. The van der Waals surface area contributed by atoms with Gasteiger partial charge in [0, 0.05) is 31.7 Å². The minimum atomic E-state index is -3.09. The summed E-state index contributed by atoms with van der Waals surface area (Å²) in [6.07, 6.45) is 2.24. The first-order chi connectivity index (χ1) is 13.5. The second kappa shape index (κ2) is 6.81. The molecule has 28 heavy (non-hydrogen) atoms. The average molecular weight is 416 g/mol. The third-order valence-corrected chi connectivity index (χ3v) is 7.73. The van der Waals surface area contributed by atoms with Gasteiger partial charge in [0.15, 0.2) is 0 Å². The summed E-state index contributed by atoms with van der Waals surface area (Å²) in [4.78, 5) is 6.89. The largest absolute Gasteiger partial charge is 0.431 e. The first-order valence-electron chi connectivity index (χ1n) is 9.29. The summed E-state index contributed by atoms with van der Waals surface area (Å²) in [6.45, 7) is 2.25. The third-order valence-electron chi connectivity index (χ3n) is 5.52. The zero-order chi connectivity index (χ0) is 19.3. The quantitative estimate of drug-likeness (QED) is 0.640. The highest BCUT2D eigenvalue weighted by atomic mass is 32.2. The van der Waals surface area contributed by atoms with Crippen molar-refractivity contribution < 1.29 is 13.2 Å². The number of likely N-dealkylation sites (tertiary alicyclic amines) is 1. The normalized spacial score (nSPS) is 22.9. The molecule has 2 fully saturated rings. The Morgan fingerprint density at radius 2 is 1.89 bits per heavy atom. The lowest BCUT2D eigenvalue weighted by atomic mass is 10.2. The van der Waals surface area contributed by atoms with Gasteiger partial charge in [-0.15, -0.1) is 0 Å². The predicted octanol–water partition coefficient (Wildman–Crippen LogP) is 3.31. The van der Waals surface area contributed by atoms with E-state index in [4.69, 9.17) is 4.74 Å². The van der Waals surface area contributed by atoms with Crippen molar-refractivity contribution >= 4 is 31.6 Å². The highest BCUT2D eigenvalue weighted by Crippen LogP contribution is 2.34. The van der Waals surface area contributed by atoms with Crippen LogP contribution in [0.15, 0.2) is 48.5 Å². The first-order valence-corrected chi connectivity index (χ1v) is 12.0. The van der Waals surface area contributed by atoms with Crippen LogP contribution in [-0.4, -0.2) is 54.0 Å². The number of thiazole rings is 1. The van der Waals surface area contributed by atoms with Gasteiger partial charge in [0.2, 0.25) is 10.0 Å². The van der Waals surface area contributed by atoms with Gasteiger partial charge in [-0.25, -0.2) is 13.4 Å². The summed E-state index contributed by atoms with van der Waals surface area (Å²) in [6, 6.07) is 16.5. The molecule has 0 amide bonds. The number of hydrogen-bond acceptors (Lipinski definition) is 6. The second-order valence-electron chi connectivity index (χ2n) is 7.50. The van der Waals surface area contributed by atoms with Gasteiger partial charge in [-0.1, -0.05) is 35.6 Å². The Bertz CT molecular complexity index is 1080. The fourth-order valence-electron chi connectivity index (χ4n) is 4.21. The molecule has 0 aliphatic carbocycles. The Kier molecular flexibility index (Phi) is 4.39. The van der Waals surface area contributed by atoms with Crippen LogP contribution in [-0.2, 0) is 16.6 Å². The van der Waals surface area contributed by atoms with E-state index in [0.29, 0.717) is 17.8 Å². The number of nitrogens with zero attached hydrogens (tertiary/aromatic N) is 3. The van der Waals surface area contributed by atoms with Gasteiger partial charge in [0.25, 0.3) is 5.19 Å². The van der Waals surface area contributed by atoms with Crippen molar-refractivity contribution in [2.75, 3.05) is 19.3 Å². The lowest BCUT2D eigenvalue weighted by Crippen LogP contribution is -2.47. The van der Waals surface area contributed by atoms with Gasteiger partial charge in [-0.05, 0) is 36.2 Å². The Morgan fingerprint density at radius 3 is 2.57 bits per heavy atom. The van der Waals surface area contributed by atoms with Gasteiger partial charge in [0.1, 0.15) is 5.75 Å². The summed E-state index contributed by atoms with van der Waals surface area (Å²) in [5.41, 5.74) is 2.15. The first kappa shape index (κ1) is 18.1. The number of hydrogen-bond donors (Lipinski definition) is 0. The summed E-state index contributed by atoms with van der Waals surface area (Å²) >= 11 is 1.54. The minimum Gasteiger partial charge on any atom is -0.431 e. The van der Waals surface area contributed by atoms with Crippen molar-refractivity contribution in [3.63, 3.8) is 0 Å². The minimum absolute atomic E-state index is 0.127. The van der Waals surface area contributed by atoms with E-state index in [1.54, 1.807) is 4.31 Å². The van der Waals surface area contributed by atoms with Gasteiger partial charge in [-0.3, -0.25) is 4.90 Å². The summed E-state index contributed by atoms with van der Waals surface area (Å²) < 4.78 is 32.3. The third kappa shape index (κ3) is 3.41. The van der Waals surface area contributed by atoms with Crippen LogP contribution >= 0.6 is 11.3 Å². The average Bonchev–Trinajstić information content (AvgIpc) is 3.35. The van der Waals surface area contributed by atoms with Crippen molar-refractivity contribution in [3.05, 3.63) is 54.1 Å². The molecule has 0 saturated carbocycles. The SMILES string of the molecule is CS(=O)(=O)N1CC2CC1CN2Cc1ccc(Oc2nc3ccccc3s2)cc1.